The van der Waals surface area contributed by atoms with E-state index in [9.17, 15) is 4.79 Å². The van der Waals surface area contributed by atoms with Gasteiger partial charge >= 0.3 is 0 Å². The predicted octanol–water partition coefficient (Wildman–Crippen LogP) is 3.56. The van der Waals surface area contributed by atoms with Crippen LogP contribution in [0.5, 0.6) is 0 Å². The van der Waals surface area contributed by atoms with E-state index in [-0.39, 0.29) is 5.78 Å². The second-order valence-corrected chi connectivity index (χ2v) is 6.90. The van der Waals surface area contributed by atoms with Crippen LogP contribution in [-0.4, -0.2) is 28.3 Å². The van der Waals surface area contributed by atoms with Crippen LogP contribution in [0.15, 0.2) is 38.1 Å². The number of anilines is 1. The molecular weight excluding hydrogens is 334 g/mol. The quantitative estimate of drug-likeness (QED) is 0.539. The molecule has 0 spiro atoms. The monoisotopic (exact) mass is 345 g/mol. The fraction of sp³-hybridized carbons (Fsp3) is 0.267. The van der Waals surface area contributed by atoms with Crippen LogP contribution >= 0.6 is 23.4 Å². The lowest BCUT2D eigenvalue weighted by Crippen LogP contribution is -2.33. The van der Waals surface area contributed by atoms with E-state index in [2.05, 4.69) is 15.2 Å². The molecule has 8 heteroatoms. The number of nitrogens with zero attached hydrogens (tertiary/aromatic N) is 5. The number of fused-ring (bicyclic) bond motifs is 2. The van der Waals surface area contributed by atoms with Gasteiger partial charge in [-0.05, 0) is 48.9 Å². The number of carbonyl (C=O) groups is 1. The zero-order chi connectivity index (χ0) is 16.3. The van der Waals surface area contributed by atoms with Gasteiger partial charge in [0.1, 0.15) is 10.7 Å². The molecule has 0 unspecified atom stereocenters. The number of azo groups is 1. The van der Waals surface area contributed by atoms with Crippen LogP contribution < -0.4 is 4.90 Å². The van der Waals surface area contributed by atoms with Crippen molar-refractivity contribution in [2.45, 2.75) is 24.4 Å². The van der Waals surface area contributed by atoms with E-state index < -0.39 is 5.50 Å². The molecule has 1 atom stereocenters. The SMILES string of the molecule is Cc1cc2nc3c(nc2cc1C)N(C)C1=C(N=N[C@@H](Cl)C1=O)S3. The van der Waals surface area contributed by atoms with Crippen molar-refractivity contribution in [3.8, 4) is 0 Å². The second-order valence-electron chi connectivity index (χ2n) is 5.51. The van der Waals surface area contributed by atoms with E-state index in [4.69, 9.17) is 16.6 Å². The first-order chi connectivity index (χ1) is 11.0. The Balaban J connectivity index is 1.91. The predicted molar refractivity (Wildman–Crippen MR) is 89.8 cm³/mol. The van der Waals surface area contributed by atoms with Crippen LogP contribution in [0.25, 0.3) is 11.0 Å². The van der Waals surface area contributed by atoms with E-state index >= 15 is 0 Å². The Bertz CT molecular complexity index is 939. The summed E-state index contributed by atoms with van der Waals surface area (Å²) in [5.41, 5.74) is 3.40. The van der Waals surface area contributed by atoms with Gasteiger partial charge in [0.2, 0.25) is 11.3 Å². The zero-order valence-corrected chi connectivity index (χ0v) is 14.2. The minimum atomic E-state index is -0.975. The highest BCUT2D eigenvalue weighted by Gasteiger charge is 2.36. The lowest BCUT2D eigenvalue weighted by atomic mass is 10.1. The van der Waals surface area contributed by atoms with E-state index in [0.29, 0.717) is 21.6 Å². The van der Waals surface area contributed by atoms with Crippen molar-refractivity contribution in [1.29, 1.82) is 0 Å². The van der Waals surface area contributed by atoms with Gasteiger partial charge in [-0.3, -0.25) is 4.79 Å². The molecule has 1 aromatic carbocycles. The van der Waals surface area contributed by atoms with Crippen molar-refractivity contribution in [1.82, 2.24) is 9.97 Å². The lowest BCUT2D eigenvalue weighted by Gasteiger charge is -2.29. The number of alkyl halides is 1. The summed E-state index contributed by atoms with van der Waals surface area (Å²) in [5, 5.41) is 9.05. The molecule has 2 aliphatic heterocycles. The van der Waals surface area contributed by atoms with Crippen LogP contribution in [0, 0.1) is 13.8 Å². The maximum absolute atomic E-state index is 12.3. The number of Topliss-reactive ketones (excluding diaryl/α,β-unsaturated/α-hetero) is 1. The summed E-state index contributed by atoms with van der Waals surface area (Å²) < 4.78 is 0. The molecule has 0 saturated carbocycles. The molecule has 0 bridgehead atoms. The van der Waals surface area contributed by atoms with E-state index in [1.54, 1.807) is 11.9 Å². The molecule has 0 aliphatic carbocycles. The Labute approximate surface area is 141 Å². The second kappa shape index (κ2) is 5.01. The number of rotatable bonds is 0. The highest BCUT2D eigenvalue weighted by Crippen LogP contribution is 2.44. The Morgan fingerprint density at radius 3 is 2.52 bits per heavy atom. The normalized spacial score (nSPS) is 20.1. The topological polar surface area (TPSA) is 70.8 Å². The Morgan fingerprint density at radius 1 is 1.17 bits per heavy atom. The number of ketones is 1. The third-order valence-corrected chi connectivity index (χ3v) is 5.20. The molecule has 2 aliphatic rings. The average molecular weight is 346 g/mol. The van der Waals surface area contributed by atoms with Crippen molar-refractivity contribution >= 4 is 46.0 Å². The van der Waals surface area contributed by atoms with Gasteiger partial charge in [0.05, 0.1) is 11.0 Å². The molecular formula is C15H12ClN5OS. The first kappa shape index (κ1) is 14.6. The van der Waals surface area contributed by atoms with Gasteiger partial charge in [0, 0.05) is 7.05 Å². The maximum atomic E-state index is 12.3. The fourth-order valence-corrected chi connectivity index (χ4v) is 3.74. The molecule has 3 heterocycles. The smallest absolute Gasteiger partial charge is 0.223 e. The van der Waals surface area contributed by atoms with Gasteiger partial charge in [-0.2, -0.15) is 5.11 Å². The number of hydrogen-bond acceptors (Lipinski definition) is 7. The Kier molecular flexibility index (Phi) is 3.18. The number of aromatic nitrogens is 2. The lowest BCUT2D eigenvalue weighted by molar-refractivity contribution is -0.115. The molecule has 0 fully saturated rings. The number of thioether (sulfide) groups is 1. The summed E-state index contributed by atoms with van der Waals surface area (Å²) in [7, 11) is 1.78. The van der Waals surface area contributed by atoms with Crippen LogP contribution in [0.4, 0.5) is 5.82 Å². The van der Waals surface area contributed by atoms with Crippen LogP contribution in [0.1, 0.15) is 11.1 Å². The number of carbonyl (C=O) groups excluding carboxylic acids is 1. The highest BCUT2D eigenvalue weighted by molar-refractivity contribution is 8.03. The summed E-state index contributed by atoms with van der Waals surface area (Å²) in [5.74, 6) is 0.373. The molecule has 4 rings (SSSR count). The van der Waals surface area contributed by atoms with Gasteiger partial charge in [0.25, 0.3) is 0 Å². The van der Waals surface area contributed by atoms with Crippen molar-refractivity contribution < 1.29 is 4.79 Å². The van der Waals surface area contributed by atoms with Crippen LogP contribution in [-0.2, 0) is 4.79 Å². The zero-order valence-electron chi connectivity index (χ0n) is 12.7. The minimum Gasteiger partial charge on any atom is -0.322 e. The molecule has 23 heavy (non-hydrogen) atoms. The first-order valence-corrected chi connectivity index (χ1v) is 8.25. The molecule has 0 amide bonds. The summed E-state index contributed by atoms with van der Waals surface area (Å²) in [4.78, 5) is 23.4. The summed E-state index contributed by atoms with van der Waals surface area (Å²) in [6.07, 6.45) is 0. The molecule has 2 aromatic rings. The first-order valence-electron chi connectivity index (χ1n) is 6.99. The van der Waals surface area contributed by atoms with Gasteiger partial charge in [-0.1, -0.05) is 11.6 Å². The van der Waals surface area contributed by atoms with Gasteiger partial charge in [-0.15, -0.1) is 5.11 Å². The molecule has 0 radical (unpaired) electrons. The standard InChI is InChI=1S/C15H12ClN5OS/c1-6-4-8-9(5-7(6)2)18-15-13(17-8)21(3)10-11(22)12(16)19-20-14(10)23-15/h4-5,12H,1-3H3/t12-/m1/s1. The Morgan fingerprint density at radius 2 is 1.83 bits per heavy atom. The van der Waals surface area contributed by atoms with E-state index in [0.717, 1.165) is 16.6 Å². The summed E-state index contributed by atoms with van der Waals surface area (Å²) in [6, 6.07) is 4.03. The van der Waals surface area contributed by atoms with Crippen molar-refractivity contribution in [3.63, 3.8) is 0 Å². The highest BCUT2D eigenvalue weighted by atomic mass is 35.5. The number of aryl methyl sites for hydroxylation is 2. The van der Waals surface area contributed by atoms with Gasteiger partial charge < -0.3 is 4.90 Å². The van der Waals surface area contributed by atoms with Crippen molar-refractivity contribution in [2.24, 2.45) is 10.2 Å². The van der Waals surface area contributed by atoms with Crippen LogP contribution in [0.3, 0.4) is 0 Å². The van der Waals surface area contributed by atoms with E-state index in [1.165, 1.54) is 17.3 Å². The number of benzene rings is 1. The maximum Gasteiger partial charge on any atom is 0.223 e. The van der Waals surface area contributed by atoms with Crippen molar-refractivity contribution in [2.75, 3.05) is 11.9 Å². The molecule has 1 aromatic heterocycles. The third-order valence-electron chi connectivity index (χ3n) is 3.98. The number of hydrogen-bond donors (Lipinski definition) is 0. The summed E-state index contributed by atoms with van der Waals surface area (Å²) in [6.45, 7) is 4.09. The van der Waals surface area contributed by atoms with Crippen molar-refractivity contribution in [3.05, 3.63) is 34.0 Å². The van der Waals surface area contributed by atoms with Gasteiger partial charge in [0.15, 0.2) is 10.8 Å². The van der Waals surface area contributed by atoms with Crippen LogP contribution in [0.2, 0.25) is 0 Å². The fourth-order valence-electron chi connectivity index (χ4n) is 2.57. The molecule has 0 saturated heterocycles. The molecule has 6 nitrogen and oxygen atoms in total. The average Bonchev–Trinajstić information content (AvgIpc) is 2.51. The molecule has 116 valence electrons. The third kappa shape index (κ3) is 2.14. The number of halogens is 1. The van der Waals surface area contributed by atoms with Gasteiger partial charge in [-0.25, -0.2) is 9.97 Å². The Hall–Kier alpha value is -1.99. The molecule has 0 N–H and O–H groups in total. The number of likely N-dealkylation sites (N-methyl/N-ethyl adjacent to an activating group) is 1. The van der Waals surface area contributed by atoms with E-state index in [1.807, 2.05) is 26.0 Å². The largest absolute Gasteiger partial charge is 0.322 e. The minimum absolute atomic E-state index is 0.265. The summed E-state index contributed by atoms with van der Waals surface area (Å²) >= 11 is 7.20.